The molecule has 26 heavy (non-hydrogen) atoms. The predicted octanol–water partition coefficient (Wildman–Crippen LogP) is 2.49. The molecule has 0 aliphatic carbocycles. The molecule has 0 spiro atoms. The van der Waals surface area contributed by atoms with Gasteiger partial charge in [-0.25, -0.2) is 14.2 Å². The minimum absolute atomic E-state index is 0.233. The van der Waals surface area contributed by atoms with Crippen LogP contribution in [-0.2, 0) is 11.2 Å². The molecular weight excluding hydrogens is 335 g/mol. The average Bonchev–Trinajstić information content (AvgIpc) is 2.64. The first-order valence-electron chi connectivity index (χ1n) is 8.51. The van der Waals surface area contributed by atoms with Crippen LogP contribution >= 0.6 is 0 Å². The first-order valence-corrected chi connectivity index (χ1v) is 8.51. The molecule has 1 saturated heterocycles. The molecular formula is C19H21FN4O2. The molecule has 1 aliphatic rings. The van der Waals surface area contributed by atoms with Crippen molar-refractivity contribution in [3.8, 4) is 0 Å². The number of hydrogen-bond donors (Lipinski definition) is 3. The monoisotopic (exact) mass is 356 g/mol. The Bertz CT molecular complexity index is 769. The fraction of sp³-hybridized carbons (Fsp3) is 0.316. The van der Waals surface area contributed by atoms with Crippen LogP contribution in [0.3, 0.4) is 0 Å². The molecule has 1 aromatic heterocycles. The molecule has 3 rings (SSSR count). The molecule has 1 aromatic carbocycles. The summed E-state index contributed by atoms with van der Waals surface area (Å²) in [5, 5.41) is 15.5. The third kappa shape index (κ3) is 4.86. The van der Waals surface area contributed by atoms with Crippen molar-refractivity contribution in [2.75, 3.05) is 18.4 Å². The van der Waals surface area contributed by atoms with Gasteiger partial charge in [0.15, 0.2) is 0 Å². The van der Waals surface area contributed by atoms with Gasteiger partial charge < -0.3 is 15.7 Å². The number of carbonyl (C=O) groups is 1. The lowest BCUT2D eigenvalue weighted by Crippen LogP contribution is -2.53. The lowest BCUT2D eigenvalue weighted by molar-refractivity contribution is -0.131. The van der Waals surface area contributed by atoms with Crippen molar-refractivity contribution in [2.45, 2.75) is 24.8 Å². The quantitative estimate of drug-likeness (QED) is 0.690. The number of rotatable bonds is 6. The normalized spacial score (nSPS) is 20.2. The van der Waals surface area contributed by atoms with E-state index in [-0.39, 0.29) is 11.4 Å². The number of piperidine rings is 1. The SMILES string of the molecule is O=C(O)/C=C/c1cnc(N[C@@]2(Cc3ccc(F)cc3)CCCNC2)cn1. The zero-order chi connectivity index (χ0) is 18.4. The van der Waals surface area contributed by atoms with Crippen LogP contribution in [0.25, 0.3) is 6.08 Å². The number of anilines is 1. The molecule has 2 heterocycles. The summed E-state index contributed by atoms with van der Waals surface area (Å²) in [5.74, 6) is -0.641. The van der Waals surface area contributed by atoms with Crippen molar-refractivity contribution < 1.29 is 14.3 Å². The molecule has 3 N–H and O–H groups in total. The van der Waals surface area contributed by atoms with Crippen LogP contribution in [0.4, 0.5) is 10.2 Å². The van der Waals surface area contributed by atoms with Crippen molar-refractivity contribution in [1.82, 2.24) is 15.3 Å². The number of carboxylic acids is 1. The summed E-state index contributed by atoms with van der Waals surface area (Å²) in [6.07, 6.45) is 8.28. The zero-order valence-corrected chi connectivity index (χ0v) is 14.3. The molecule has 1 fully saturated rings. The highest BCUT2D eigenvalue weighted by Gasteiger charge is 2.32. The Kier molecular flexibility index (Phi) is 5.58. The van der Waals surface area contributed by atoms with E-state index in [1.165, 1.54) is 24.4 Å². The summed E-state index contributed by atoms with van der Waals surface area (Å²) >= 11 is 0. The number of aliphatic carboxylic acids is 1. The highest BCUT2D eigenvalue weighted by molar-refractivity contribution is 5.84. The van der Waals surface area contributed by atoms with E-state index >= 15 is 0 Å². The van der Waals surface area contributed by atoms with Gasteiger partial charge in [-0.15, -0.1) is 0 Å². The number of hydrogen-bond acceptors (Lipinski definition) is 5. The van der Waals surface area contributed by atoms with E-state index in [4.69, 9.17) is 5.11 Å². The number of nitrogens with one attached hydrogen (secondary N) is 2. The minimum atomic E-state index is -1.03. The Morgan fingerprint density at radius 3 is 2.73 bits per heavy atom. The van der Waals surface area contributed by atoms with E-state index in [1.54, 1.807) is 18.3 Å². The van der Waals surface area contributed by atoms with E-state index in [2.05, 4.69) is 20.6 Å². The molecule has 0 amide bonds. The van der Waals surface area contributed by atoms with Gasteiger partial charge in [0, 0.05) is 12.6 Å². The number of carboxylic acid groups (broad SMARTS) is 1. The van der Waals surface area contributed by atoms with Gasteiger partial charge in [0.25, 0.3) is 0 Å². The Hall–Kier alpha value is -2.80. The van der Waals surface area contributed by atoms with Crippen molar-refractivity contribution in [1.29, 1.82) is 0 Å². The van der Waals surface area contributed by atoms with Crippen LogP contribution in [0.5, 0.6) is 0 Å². The molecule has 0 unspecified atom stereocenters. The van der Waals surface area contributed by atoms with Gasteiger partial charge in [-0.3, -0.25) is 4.98 Å². The van der Waals surface area contributed by atoms with E-state index in [1.807, 2.05) is 0 Å². The summed E-state index contributed by atoms with van der Waals surface area (Å²) in [6, 6.07) is 6.56. The standard InChI is InChI=1S/C19H21FN4O2/c20-15-4-2-14(3-5-15)10-19(8-1-9-21-13-19)24-17-12-22-16(11-23-17)6-7-18(25)26/h2-7,11-12,21H,1,8-10,13H2,(H,23,24)(H,25,26)/b7-6+/t19-/m1/s1. The van der Waals surface area contributed by atoms with Crippen LogP contribution < -0.4 is 10.6 Å². The number of aromatic nitrogens is 2. The molecule has 2 aromatic rings. The fourth-order valence-corrected chi connectivity index (χ4v) is 3.18. The largest absolute Gasteiger partial charge is 0.478 e. The van der Waals surface area contributed by atoms with Gasteiger partial charge in [0.2, 0.25) is 0 Å². The lowest BCUT2D eigenvalue weighted by Gasteiger charge is -2.39. The van der Waals surface area contributed by atoms with Crippen molar-refractivity contribution >= 4 is 17.9 Å². The second-order valence-electron chi connectivity index (χ2n) is 6.49. The molecule has 1 aliphatic heterocycles. The van der Waals surface area contributed by atoms with E-state index in [0.29, 0.717) is 11.5 Å². The van der Waals surface area contributed by atoms with Crippen molar-refractivity contribution in [3.05, 3.63) is 59.8 Å². The van der Waals surface area contributed by atoms with Gasteiger partial charge in [0.1, 0.15) is 11.6 Å². The second-order valence-corrected chi connectivity index (χ2v) is 6.49. The van der Waals surface area contributed by atoms with Crippen LogP contribution in [-0.4, -0.2) is 39.7 Å². The van der Waals surface area contributed by atoms with E-state index in [9.17, 15) is 9.18 Å². The Balaban J connectivity index is 1.75. The van der Waals surface area contributed by atoms with Crippen molar-refractivity contribution in [2.24, 2.45) is 0 Å². The van der Waals surface area contributed by atoms with Crippen LogP contribution in [0.2, 0.25) is 0 Å². The predicted molar refractivity (Wildman–Crippen MR) is 97.3 cm³/mol. The van der Waals surface area contributed by atoms with Crippen molar-refractivity contribution in [3.63, 3.8) is 0 Å². The number of nitrogens with zero attached hydrogens (tertiary/aromatic N) is 2. The maximum absolute atomic E-state index is 13.2. The van der Waals surface area contributed by atoms with E-state index < -0.39 is 5.97 Å². The Labute approximate surface area is 151 Å². The number of benzene rings is 1. The summed E-state index contributed by atoms with van der Waals surface area (Å²) in [4.78, 5) is 19.1. The summed E-state index contributed by atoms with van der Waals surface area (Å²) in [5.41, 5.74) is 1.30. The van der Waals surface area contributed by atoms with Gasteiger partial charge in [-0.1, -0.05) is 12.1 Å². The van der Waals surface area contributed by atoms with Crippen LogP contribution in [0.15, 0.2) is 42.7 Å². The smallest absolute Gasteiger partial charge is 0.328 e. The molecule has 0 bridgehead atoms. The van der Waals surface area contributed by atoms with Crippen LogP contribution in [0, 0.1) is 5.82 Å². The first-order chi connectivity index (χ1) is 12.5. The van der Waals surface area contributed by atoms with Gasteiger partial charge in [0.05, 0.1) is 23.6 Å². The second kappa shape index (κ2) is 8.05. The topological polar surface area (TPSA) is 87.1 Å². The molecule has 0 saturated carbocycles. The molecule has 0 radical (unpaired) electrons. The minimum Gasteiger partial charge on any atom is -0.478 e. The first kappa shape index (κ1) is 18.0. The van der Waals surface area contributed by atoms with Gasteiger partial charge in [-0.2, -0.15) is 0 Å². The third-order valence-corrected chi connectivity index (χ3v) is 4.39. The molecule has 136 valence electrons. The molecule has 1 atom stereocenters. The van der Waals surface area contributed by atoms with Gasteiger partial charge in [-0.05, 0) is 49.6 Å². The number of halogens is 1. The van der Waals surface area contributed by atoms with E-state index in [0.717, 1.165) is 44.0 Å². The summed E-state index contributed by atoms with van der Waals surface area (Å²) < 4.78 is 13.2. The third-order valence-electron chi connectivity index (χ3n) is 4.39. The summed E-state index contributed by atoms with van der Waals surface area (Å²) in [7, 11) is 0. The highest BCUT2D eigenvalue weighted by atomic mass is 19.1. The maximum atomic E-state index is 13.2. The average molecular weight is 356 g/mol. The Morgan fingerprint density at radius 2 is 2.12 bits per heavy atom. The molecule has 6 nitrogen and oxygen atoms in total. The van der Waals surface area contributed by atoms with Gasteiger partial charge >= 0.3 is 5.97 Å². The maximum Gasteiger partial charge on any atom is 0.328 e. The Morgan fingerprint density at radius 1 is 1.31 bits per heavy atom. The molecule has 7 heteroatoms. The lowest BCUT2D eigenvalue weighted by atomic mass is 9.84. The zero-order valence-electron chi connectivity index (χ0n) is 14.3. The highest BCUT2D eigenvalue weighted by Crippen LogP contribution is 2.26. The van der Waals surface area contributed by atoms with Crippen LogP contribution in [0.1, 0.15) is 24.1 Å². The summed E-state index contributed by atoms with van der Waals surface area (Å²) in [6.45, 7) is 1.74. The fourth-order valence-electron chi connectivity index (χ4n) is 3.18.